The first-order chi connectivity index (χ1) is 11.4. The number of non-ortho nitro benzene ring substituents is 1. The SMILES string of the molecule is CSc1nc2c(c(=O)n1C)C(c1ccc([N+](=O)[O-])cc1)CC(=O)N2. The van der Waals surface area contributed by atoms with Crippen LogP contribution in [0.4, 0.5) is 11.5 Å². The van der Waals surface area contributed by atoms with Gasteiger partial charge in [-0.2, -0.15) is 0 Å². The van der Waals surface area contributed by atoms with Gasteiger partial charge in [-0.1, -0.05) is 23.9 Å². The minimum atomic E-state index is -0.489. The van der Waals surface area contributed by atoms with E-state index in [9.17, 15) is 19.7 Å². The van der Waals surface area contributed by atoms with Gasteiger partial charge in [0.2, 0.25) is 5.91 Å². The summed E-state index contributed by atoms with van der Waals surface area (Å²) in [7, 11) is 1.63. The average molecular weight is 346 g/mol. The standard InChI is InChI=1S/C15H14N4O4S/c1-18-14(21)12-10(8-3-5-9(6-4-8)19(22)23)7-11(20)16-13(12)17-15(18)24-2/h3-6,10H,7H2,1-2H3,(H,16,20). The largest absolute Gasteiger partial charge is 0.310 e. The van der Waals surface area contributed by atoms with Gasteiger partial charge in [-0.15, -0.1) is 0 Å². The maximum atomic E-state index is 12.7. The fraction of sp³-hybridized carbons (Fsp3) is 0.267. The third-order valence-corrected chi connectivity index (χ3v) is 4.70. The molecule has 1 aliphatic heterocycles. The lowest BCUT2D eigenvalue weighted by molar-refractivity contribution is -0.384. The van der Waals surface area contributed by atoms with Crippen molar-refractivity contribution in [3.63, 3.8) is 0 Å². The Morgan fingerprint density at radius 1 is 1.33 bits per heavy atom. The van der Waals surface area contributed by atoms with Gasteiger partial charge in [-0.05, 0) is 11.8 Å². The fourth-order valence-electron chi connectivity index (χ4n) is 2.78. The second kappa shape index (κ2) is 6.08. The van der Waals surface area contributed by atoms with Crippen molar-refractivity contribution in [2.75, 3.05) is 11.6 Å². The molecule has 1 aromatic carbocycles. The third-order valence-electron chi connectivity index (χ3n) is 3.97. The summed E-state index contributed by atoms with van der Waals surface area (Å²) < 4.78 is 1.44. The molecule has 8 nitrogen and oxygen atoms in total. The molecule has 0 bridgehead atoms. The van der Waals surface area contributed by atoms with E-state index in [0.29, 0.717) is 16.3 Å². The molecule has 0 saturated heterocycles. The van der Waals surface area contributed by atoms with E-state index in [1.807, 2.05) is 0 Å². The molecule has 2 heterocycles. The van der Waals surface area contributed by atoms with E-state index < -0.39 is 10.8 Å². The van der Waals surface area contributed by atoms with E-state index in [1.54, 1.807) is 25.4 Å². The first-order valence-electron chi connectivity index (χ1n) is 7.11. The molecule has 124 valence electrons. The van der Waals surface area contributed by atoms with Crippen molar-refractivity contribution in [1.82, 2.24) is 9.55 Å². The van der Waals surface area contributed by atoms with E-state index in [1.165, 1.54) is 28.5 Å². The average Bonchev–Trinajstić information content (AvgIpc) is 2.57. The molecule has 9 heteroatoms. The van der Waals surface area contributed by atoms with Crippen molar-refractivity contribution in [1.29, 1.82) is 0 Å². The van der Waals surface area contributed by atoms with Gasteiger partial charge in [0.1, 0.15) is 5.82 Å². The third kappa shape index (κ3) is 2.67. The maximum absolute atomic E-state index is 12.7. The van der Waals surface area contributed by atoms with Gasteiger partial charge in [0.15, 0.2) is 5.16 Å². The van der Waals surface area contributed by atoms with Crippen LogP contribution in [0, 0.1) is 10.1 Å². The Kier molecular flexibility index (Phi) is 4.10. The number of amides is 1. The van der Waals surface area contributed by atoms with Crippen molar-refractivity contribution in [2.24, 2.45) is 7.05 Å². The van der Waals surface area contributed by atoms with Crippen LogP contribution < -0.4 is 10.9 Å². The monoisotopic (exact) mass is 346 g/mol. The summed E-state index contributed by atoms with van der Waals surface area (Å²) in [5.74, 6) is -0.447. The van der Waals surface area contributed by atoms with Crippen LogP contribution in [-0.2, 0) is 11.8 Å². The van der Waals surface area contributed by atoms with Gasteiger partial charge in [-0.25, -0.2) is 4.98 Å². The van der Waals surface area contributed by atoms with Gasteiger partial charge in [0.05, 0.1) is 10.5 Å². The number of aromatic nitrogens is 2. The smallest absolute Gasteiger partial charge is 0.269 e. The Balaban J connectivity index is 2.15. The molecule has 1 atom stereocenters. The number of rotatable bonds is 3. The summed E-state index contributed by atoms with van der Waals surface area (Å²) >= 11 is 1.31. The second-order valence-electron chi connectivity index (χ2n) is 5.38. The van der Waals surface area contributed by atoms with Gasteiger partial charge < -0.3 is 5.32 Å². The molecule has 0 spiro atoms. The van der Waals surface area contributed by atoms with E-state index in [4.69, 9.17) is 0 Å². The minimum absolute atomic E-state index is 0.0389. The number of carbonyl (C=O) groups excluding carboxylic acids is 1. The lowest BCUT2D eigenvalue weighted by Crippen LogP contribution is -2.34. The highest BCUT2D eigenvalue weighted by atomic mass is 32.2. The first-order valence-corrected chi connectivity index (χ1v) is 8.34. The van der Waals surface area contributed by atoms with Crippen molar-refractivity contribution < 1.29 is 9.72 Å². The zero-order chi connectivity index (χ0) is 17.4. The van der Waals surface area contributed by atoms with Crippen LogP contribution in [0.1, 0.15) is 23.5 Å². The van der Waals surface area contributed by atoms with E-state index in [2.05, 4.69) is 10.3 Å². The summed E-state index contributed by atoms with van der Waals surface area (Å²) in [5.41, 5.74) is 0.812. The summed E-state index contributed by atoms with van der Waals surface area (Å²) in [6, 6.07) is 5.89. The normalized spacial score (nSPS) is 16.4. The lowest BCUT2D eigenvalue weighted by Gasteiger charge is -2.25. The summed E-state index contributed by atoms with van der Waals surface area (Å²) in [5, 5.41) is 13.9. The Morgan fingerprint density at radius 2 is 2.00 bits per heavy atom. The number of anilines is 1. The molecule has 1 N–H and O–H groups in total. The molecular formula is C15H14N4O4S. The maximum Gasteiger partial charge on any atom is 0.269 e. The molecule has 1 aromatic heterocycles. The Hall–Kier alpha value is -2.68. The molecule has 2 aromatic rings. The highest BCUT2D eigenvalue weighted by Gasteiger charge is 2.31. The van der Waals surface area contributed by atoms with Crippen molar-refractivity contribution in [3.05, 3.63) is 55.9 Å². The molecule has 0 radical (unpaired) electrons. The Labute approximate surface area is 141 Å². The number of fused-ring (bicyclic) bond motifs is 1. The summed E-state index contributed by atoms with van der Waals surface area (Å²) in [6.45, 7) is 0. The van der Waals surface area contributed by atoms with Crippen LogP contribution in [0.3, 0.4) is 0 Å². The second-order valence-corrected chi connectivity index (χ2v) is 6.15. The predicted octanol–water partition coefficient (Wildman–Crippen LogP) is 1.88. The van der Waals surface area contributed by atoms with Gasteiger partial charge >= 0.3 is 0 Å². The number of nitro benzene ring substituents is 1. The van der Waals surface area contributed by atoms with Crippen LogP contribution >= 0.6 is 11.8 Å². The summed E-state index contributed by atoms with van der Waals surface area (Å²) in [6.07, 6.45) is 1.90. The lowest BCUT2D eigenvalue weighted by atomic mass is 9.87. The molecule has 0 aliphatic carbocycles. The molecule has 24 heavy (non-hydrogen) atoms. The predicted molar refractivity (Wildman–Crippen MR) is 89.4 cm³/mol. The van der Waals surface area contributed by atoms with E-state index >= 15 is 0 Å². The molecule has 0 saturated carbocycles. The number of thioether (sulfide) groups is 1. The Morgan fingerprint density at radius 3 is 2.58 bits per heavy atom. The number of nitrogens with one attached hydrogen (secondary N) is 1. The van der Waals surface area contributed by atoms with Crippen LogP contribution in [-0.4, -0.2) is 26.6 Å². The highest BCUT2D eigenvalue weighted by molar-refractivity contribution is 7.98. The van der Waals surface area contributed by atoms with Gasteiger partial charge in [0, 0.05) is 31.5 Å². The van der Waals surface area contributed by atoms with Crippen LogP contribution in [0.5, 0.6) is 0 Å². The quantitative estimate of drug-likeness (QED) is 0.393. The highest BCUT2D eigenvalue weighted by Crippen LogP contribution is 2.35. The number of nitrogens with zero attached hydrogens (tertiary/aromatic N) is 3. The number of nitro groups is 1. The van der Waals surface area contributed by atoms with Crippen molar-refractivity contribution >= 4 is 29.2 Å². The number of benzene rings is 1. The van der Waals surface area contributed by atoms with Crippen LogP contribution in [0.25, 0.3) is 0 Å². The van der Waals surface area contributed by atoms with Crippen molar-refractivity contribution in [3.8, 4) is 0 Å². The Bertz CT molecular complexity index is 892. The number of carbonyl (C=O) groups is 1. The first kappa shape index (κ1) is 16.2. The van der Waals surface area contributed by atoms with Crippen molar-refractivity contribution in [2.45, 2.75) is 17.5 Å². The van der Waals surface area contributed by atoms with Crippen LogP contribution in [0.15, 0.2) is 34.2 Å². The van der Waals surface area contributed by atoms with Crippen LogP contribution in [0.2, 0.25) is 0 Å². The minimum Gasteiger partial charge on any atom is -0.310 e. The van der Waals surface area contributed by atoms with Gasteiger partial charge in [-0.3, -0.25) is 24.3 Å². The zero-order valence-electron chi connectivity index (χ0n) is 13.0. The molecule has 3 rings (SSSR count). The van der Waals surface area contributed by atoms with E-state index in [-0.39, 0.29) is 29.4 Å². The molecule has 1 aliphatic rings. The number of hydrogen-bond donors (Lipinski definition) is 1. The van der Waals surface area contributed by atoms with Gasteiger partial charge in [0.25, 0.3) is 11.2 Å². The zero-order valence-corrected chi connectivity index (χ0v) is 13.8. The topological polar surface area (TPSA) is 107 Å². The fourth-order valence-corrected chi connectivity index (χ4v) is 3.31. The van der Waals surface area contributed by atoms with E-state index in [0.717, 1.165) is 0 Å². The number of hydrogen-bond acceptors (Lipinski definition) is 6. The molecule has 1 amide bonds. The molecular weight excluding hydrogens is 332 g/mol. The summed E-state index contributed by atoms with van der Waals surface area (Å²) in [4.78, 5) is 39.4. The molecule has 0 fully saturated rings. The molecule has 1 unspecified atom stereocenters.